The second-order valence-electron chi connectivity index (χ2n) is 8.61. The average molecular weight is 282 g/mol. The highest BCUT2D eigenvalue weighted by Crippen LogP contribution is 2.59. The van der Waals surface area contributed by atoms with Crippen molar-refractivity contribution in [1.82, 2.24) is 0 Å². The fourth-order valence-corrected chi connectivity index (χ4v) is 4.11. The average Bonchev–Trinajstić information content (AvgIpc) is 2.76. The molecule has 1 nitrogen and oxygen atoms in total. The van der Waals surface area contributed by atoms with Gasteiger partial charge in [0.05, 0.1) is 0 Å². The SMILES string of the molecule is Cc1cc2c(cc1C)C1=C(C2=O)C(C)(C)C[C@H]1C(C)(C)C. The van der Waals surface area contributed by atoms with Gasteiger partial charge in [-0.1, -0.05) is 40.7 Å². The van der Waals surface area contributed by atoms with Gasteiger partial charge in [0, 0.05) is 11.1 Å². The van der Waals surface area contributed by atoms with Gasteiger partial charge in [-0.05, 0) is 65.3 Å². The van der Waals surface area contributed by atoms with Crippen LogP contribution in [0.3, 0.4) is 0 Å². The molecule has 0 unspecified atom stereocenters. The normalized spacial score (nSPS) is 23.6. The lowest BCUT2D eigenvalue weighted by molar-refractivity contribution is 0.101. The largest absolute Gasteiger partial charge is 0.289 e. The van der Waals surface area contributed by atoms with E-state index in [1.165, 1.54) is 22.3 Å². The quantitative estimate of drug-likeness (QED) is 0.627. The molecule has 2 aliphatic carbocycles. The molecule has 21 heavy (non-hydrogen) atoms. The standard InChI is InChI=1S/C20H26O/c1-11-8-13-14(9-12(11)2)18(21)17-16(13)15(19(3,4)5)10-20(17,6)7/h8-9,15H,10H2,1-7H3/t15-/m1/s1. The van der Waals surface area contributed by atoms with Crippen LogP contribution in [0.15, 0.2) is 17.7 Å². The molecular weight excluding hydrogens is 256 g/mol. The number of benzene rings is 1. The van der Waals surface area contributed by atoms with E-state index in [4.69, 9.17) is 0 Å². The molecule has 0 fully saturated rings. The van der Waals surface area contributed by atoms with Crippen LogP contribution in [-0.2, 0) is 0 Å². The van der Waals surface area contributed by atoms with Crippen LogP contribution in [0.2, 0.25) is 0 Å². The number of rotatable bonds is 0. The van der Waals surface area contributed by atoms with Crippen molar-refractivity contribution < 1.29 is 4.79 Å². The van der Waals surface area contributed by atoms with E-state index in [0.717, 1.165) is 17.6 Å². The van der Waals surface area contributed by atoms with Crippen molar-refractivity contribution in [2.45, 2.75) is 54.9 Å². The lowest BCUT2D eigenvalue weighted by atomic mass is 9.72. The maximum absolute atomic E-state index is 13.0. The lowest BCUT2D eigenvalue weighted by Gasteiger charge is -2.32. The van der Waals surface area contributed by atoms with Crippen LogP contribution in [0.1, 0.15) is 68.1 Å². The number of carbonyl (C=O) groups is 1. The molecule has 1 aromatic rings. The highest BCUT2D eigenvalue weighted by atomic mass is 16.1. The number of Topliss-reactive ketones (excluding diaryl/α,β-unsaturated/α-hetero) is 1. The van der Waals surface area contributed by atoms with E-state index in [0.29, 0.717) is 5.92 Å². The van der Waals surface area contributed by atoms with Gasteiger partial charge in [-0.25, -0.2) is 0 Å². The minimum atomic E-state index is -0.00874. The Morgan fingerprint density at radius 3 is 2.10 bits per heavy atom. The zero-order valence-corrected chi connectivity index (χ0v) is 14.3. The van der Waals surface area contributed by atoms with Crippen LogP contribution in [0, 0.1) is 30.6 Å². The Balaban J connectivity index is 2.28. The third kappa shape index (κ3) is 1.93. The molecule has 1 heteroatoms. The molecule has 0 spiro atoms. The Bertz CT molecular complexity index is 681. The summed E-state index contributed by atoms with van der Waals surface area (Å²) in [5, 5.41) is 0. The van der Waals surface area contributed by atoms with Crippen LogP contribution >= 0.6 is 0 Å². The van der Waals surface area contributed by atoms with Gasteiger partial charge in [0.1, 0.15) is 0 Å². The van der Waals surface area contributed by atoms with E-state index < -0.39 is 0 Å². The summed E-state index contributed by atoms with van der Waals surface area (Å²) in [5.41, 5.74) is 7.26. The van der Waals surface area contributed by atoms with Crippen molar-refractivity contribution in [3.8, 4) is 0 Å². The molecule has 1 aromatic carbocycles. The number of hydrogen-bond acceptors (Lipinski definition) is 1. The van der Waals surface area contributed by atoms with Gasteiger partial charge < -0.3 is 0 Å². The molecule has 0 aliphatic heterocycles. The first-order chi connectivity index (χ1) is 9.54. The third-order valence-electron chi connectivity index (χ3n) is 5.45. The third-order valence-corrected chi connectivity index (χ3v) is 5.45. The molecule has 112 valence electrons. The Labute approximate surface area is 128 Å². The number of ketones is 1. The zero-order chi connectivity index (χ0) is 15.7. The molecule has 0 saturated carbocycles. The second kappa shape index (κ2) is 4.09. The molecular formula is C20H26O. The molecule has 0 radical (unpaired) electrons. The summed E-state index contributed by atoms with van der Waals surface area (Å²) < 4.78 is 0. The topological polar surface area (TPSA) is 17.1 Å². The molecule has 0 N–H and O–H groups in total. The van der Waals surface area contributed by atoms with Crippen molar-refractivity contribution in [3.63, 3.8) is 0 Å². The number of aryl methyl sites for hydroxylation is 2. The Hall–Kier alpha value is -1.37. The molecule has 2 aliphatic rings. The smallest absolute Gasteiger partial charge is 0.190 e. The Kier molecular flexibility index (Phi) is 2.84. The van der Waals surface area contributed by atoms with E-state index in [-0.39, 0.29) is 16.6 Å². The summed E-state index contributed by atoms with van der Waals surface area (Å²) >= 11 is 0. The number of carbonyl (C=O) groups excluding carboxylic acids is 1. The number of allylic oxidation sites excluding steroid dienone is 2. The van der Waals surface area contributed by atoms with Crippen LogP contribution < -0.4 is 0 Å². The molecule has 3 rings (SSSR count). The van der Waals surface area contributed by atoms with Gasteiger partial charge in [-0.3, -0.25) is 4.79 Å². The molecule has 1 atom stereocenters. The van der Waals surface area contributed by atoms with Crippen LogP contribution in [-0.4, -0.2) is 5.78 Å². The summed E-state index contributed by atoms with van der Waals surface area (Å²) in [6.07, 6.45) is 1.08. The molecule has 0 heterocycles. The summed E-state index contributed by atoms with van der Waals surface area (Å²) in [4.78, 5) is 13.0. The predicted octanol–water partition coefficient (Wildman–Crippen LogP) is 5.35. The molecule has 0 bridgehead atoms. The van der Waals surface area contributed by atoms with Gasteiger partial charge in [0.15, 0.2) is 5.78 Å². The van der Waals surface area contributed by atoms with E-state index in [1.54, 1.807) is 0 Å². The van der Waals surface area contributed by atoms with Crippen LogP contribution in [0.25, 0.3) is 5.57 Å². The van der Waals surface area contributed by atoms with E-state index in [9.17, 15) is 4.79 Å². The van der Waals surface area contributed by atoms with Crippen molar-refractivity contribution in [1.29, 1.82) is 0 Å². The van der Waals surface area contributed by atoms with E-state index in [1.807, 2.05) is 0 Å². The first-order valence-corrected chi connectivity index (χ1v) is 7.95. The van der Waals surface area contributed by atoms with E-state index >= 15 is 0 Å². The maximum atomic E-state index is 13.0. The minimum absolute atomic E-state index is 0.00874. The number of fused-ring (bicyclic) bond motifs is 2. The van der Waals surface area contributed by atoms with E-state index in [2.05, 4.69) is 60.6 Å². The first-order valence-electron chi connectivity index (χ1n) is 7.95. The van der Waals surface area contributed by atoms with Gasteiger partial charge in [-0.15, -0.1) is 0 Å². The van der Waals surface area contributed by atoms with Crippen molar-refractivity contribution in [2.24, 2.45) is 16.7 Å². The predicted molar refractivity (Wildman–Crippen MR) is 88.5 cm³/mol. The summed E-state index contributed by atoms with van der Waals surface area (Å²) in [5.74, 6) is 0.745. The highest BCUT2D eigenvalue weighted by Gasteiger charge is 2.50. The zero-order valence-electron chi connectivity index (χ0n) is 14.3. The fraction of sp³-hybridized carbons (Fsp3) is 0.550. The summed E-state index contributed by atoms with van der Waals surface area (Å²) in [6.45, 7) is 15.6. The Morgan fingerprint density at radius 2 is 1.57 bits per heavy atom. The Morgan fingerprint density at radius 1 is 1.05 bits per heavy atom. The number of hydrogen-bond donors (Lipinski definition) is 0. The summed E-state index contributed by atoms with van der Waals surface area (Å²) in [6, 6.07) is 4.34. The van der Waals surface area contributed by atoms with Gasteiger partial charge >= 0.3 is 0 Å². The molecule has 0 saturated heterocycles. The summed E-state index contributed by atoms with van der Waals surface area (Å²) in [7, 11) is 0. The minimum Gasteiger partial charge on any atom is -0.289 e. The monoisotopic (exact) mass is 282 g/mol. The fourth-order valence-electron chi connectivity index (χ4n) is 4.11. The van der Waals surface area contributed by atoms with Gasteiger partial charge in [0.25, 0.3) is 0 Å². The van der Waals surface area contributed by atoms with Crippen LogP contribution in [0.5, 0.6) is 0 Å². The second-order valence-corrected chi connectivity index (χ2v) is 8.61. The van der Waals surface area contributed by atoms with Crippen molar-refractivity contribution >= 4 is 11.4 Å². The highest BCUT2D eigenvalue weighted by molar-refractivity contribution is 6.22. The first kappa shape index (κ1) is 14.6. The van der Waals surface area contributed by atoms with Crippen molar-refractivity contribution in [2.75, 3.05) is 0 Å². The van der Waals surface area contributed by atoms with Crippen molar-refractivity contribution in [3.05, 3.63) is 40.0 Å². The van der Waals surface area contributed by atoms with Gasteiger partial charge in [0.2, 0.25) is 0 Å². The molecule has 0 amide bonds. The maximum Gasteiger partial charge on any atom is 0.190 e. The van der Waals surface area contributed by atoms with Crippen LogP contribution in [0.4, 0.5) is 0 Å². The lowest BCUT2D eigenvalue weighted by Crippen LogP contribution is -2.24. The van der Waals surface area contributed by atoms with Gasteiger partial charge in [-0.2, -0.15) is 0 Å². The molecule has 0 aromatic heterocycles.